The summed E-state index contributed by atoms with van der Waals surface area (Å²) in [6, 6.07) is 6.86. The zero-order valence-corrected chi connectivity index (χ0v) is 9.91. The molecule has 4 nitrogen and oxygen atoms in total. The van der Waals surface area contributed by atoms with Crippen molar-refractivity contribution in [2.45, 2.75) is 0 Å². The molecule has 6 heteroatoms. The van der Waals surface area contributed by atoms with Crippen LogP contribution in [-0.4, -0.2) is 10.9 Å². The van der Waals surface area contributed by atoms with Gasteiger partial charge in [0.1, 0.15) is 11.6 Å². The second kappa shape index (κ2) is 5.01. The van der Waals surface area contributed by atoms with Crippen molar-refractivity contribution < 1.29 is 9.18 Å². The minimum Gasteiger partial charge on any atom is -0.383 e. The van der Waals surface area contributed by atoms with Crippen molar-refractivity contribution in [3.8, 4) is 0 Å². The first kappa shape index (κ1) is 12.3. The maximum absolute atomic E-state index is 13.1. The third-order valence-corrected chi connectivity index (χ3v) is 2.42. The van der Waals surface area contributed by atoms with E-state index in [1.54, 1.807) is 6.07 Å². The van der Waals surface area contributed by atoms with Gasteiger partial charge in [0, 0.05) is 16.9 Å². The van der Waals surface area contributed by atoms with Crippen molar-refractivity contribution in [2.75, 3.05) is 11.1 Å². The van der Waals surface area contributed by atoms with E-state index in [0.717, 1.165) is 12.1 Å². The van der Waals surface area contributed by atoms with Crippen LogP contribution in [-0.2, 0) is 0 Å². The molecule has 92 valence electrons. The van der Waals surface area contributed by atoms with Gasteiger partial charge in [-0.05, 0) is 30.3 Å². The van der Waals surface area contributed by atoms with E-state index in [2.05, 4.69) is 10.3 Å². The Morgan fingerprint density at radius 1 is 1.39 bits per heavy atom. The van der Waals surface area contributed by atoms with Crippen LogP contribution in [0.2, 0.25) is 5.02 Å². The number of pyridine rings is 1. The molecule has 3 N–H and O–H groups in total. The molecule has 1 aromatic heterocycles. The molecule has 2 aromatic rings. The number of carbonyl (C=O) groups is 1. The van der Waals surface area contributed by atoms with Crippen molar-refractivity contribution in [3.63, 3.8) is 0 Å². The van der Waals surface area contributed by atoms with Crippen LogP contribution in [0.1, 0.15) is 10.4 Å². The van der Waals surface area contributed by atoms with Crippen molar-refractivity contribution in [1.29, 1.82) is 0 Å². The highest BCUT2D eigenvalue weighted by molar-refractivity contribution is 6.31. The summed E-state index contributed by atoms with van der Waals surface area (Å²) < 4.78 is 13.1. The fourth-order valence-corrected chi connectivity index (χ4v) is 1.66. The number of nitrogens with one attached hydrogen (secondary N) is 1. The number of carbonyl (C=O) groups excluding carboxylic acids is 1. The Labute approximate surface area is 108 Å². The molecule has 0 radical (unpaired) electrons. The topological polar surface area (TPSA) is 68.0 Å². The number of amides is 1. The van der Waals surface area contributed by atoms with Gasteiger partial charge in [0.2, 0.25) is 0 Å². The Morgan fingerprint density at radius 2 is 2.17 bits per heavy atom. The zero-order chi connectivity index (χ0) is 13.1. The molecule has 18 heavy (non-hydrogen) atoms. The lowest BCUT2D eigenvalue weighted by molar-refractivity contribution is 0.102. The molecule has 0 bridgehead atoms. The molecule has 0 aliphatic heterocycles. The number of hydrogen-bond donors (Lipinski definition) is 2. The summed E-state index contributed by atoms with van der Waals surface area (Å²) in [5, 5.41) is 2.70. The van der Waals surface area contributed by atoms with Crippen LogP contribution in [0.3, 0.4) is 0 Å². The Bertz CT molecular complexity index is 583. The molecule has 0 unspecified atom stereocenters. The Balaban J connectivity index is 2.24. The summed E-state index contributed by atoms with van der Waals surface area (Å²) in [6.45, 7) is 0. The van der Waals surface area contributed by atoms with Crippen LogP contribution in [0.5, 0.6) is 0 Å². The third kappa shape index (κ3) is 2.75. The number of nitrogens with two attached hydrogens (primary N) is 1. The smallest absolute Gasteiger partial charge is 0.259 e. The number of hydrogen-bond acceptors (Lipinski definition) is 3. The maximum Gasteiger partial charge on any atom is 0.259 e. The summed E-state index contributed by atoms with van der Waals surface area (Å²) in [4.78, 5) is 15.7. The van der Waals surface area contributed by atoms with Crippen LogP contribution in [0.4, 0.5) is 15.9 Å². The van der Waals surface area contributed by atoms with Crippen LogP contribution in [0.25, 0.3) is 0 Å². The average molecular weight is 266 g/mol. The largest absolute Gasteiger partial charge is 0.383 e. The predicted octanol–water partition coefficient (Wildman–Crippen LogP) is 2.71. The van der Waals surface area contributed by atoms with Gasteiger partial charge in [0.25, 0.3) is 5.91 Å². The number of aromatic nitrogens is 1. The monoisotopic (exact) mass is 265 g/mol. The number of anilines is 2. The fraction of sp³-hybridized carbons (Fsp3) is 0. The van der Waals surface area contributed by atoms with Crippen molar-refractivity contribution in [2.24, 2.45) is 0 Å². The van der Waals surface area contributed by atoms with E-state index >= 15 is 0 Å². The molecule has 0 saturated heterocycles. The quantitative estimate of drug-likeness (QED) is 0.877. The summed E-state index contributed by atoms with van der Waals surface area (Å²) in [7, 11) is 0. The fourth-order valence-electron chi connectivity index (χ4n) is 1.43. The first-order chi connectivity index (χ1) is 8.56. The molecular formula is C12H9ClFN3O. The van der Waals surface area contributed by atoms with Crippen molar-refractivity contribution >= 4 is 29.0 Å². The second-order valence-corrected chi connectivity index (χ2v) is 3.98. The molecule has 1 heterocycles. The number of rotatable bonds is 2. The highest BCUT2D eigenvalue weighted by atomic mass is 35.5. The number of halogens is 2. The maximum atomic E-state index is 13.1. The predicted molar refractivity (Wildman–Crippen MR) is 68.0 cm³/mol. The molecule has 0 saturated carbocycles. The van der Waals surface area contributed by atoms with Crippen molar-refractivity contribution in [1.82, 2.24) is 4.98 Å². The standard InChI is InChI=1S/C12H9ClFN3O/c13-7-4-8(14)6-9(5-7)17-12(18)10-2-1-3-16-11(10)15/h1-6H,(H2,15,16)(H,17,18). The van der Waals surface area contributed by atoms with Crippen LogP contribution >= 0.6 is 11.6 Å². The average Bonchev–Trinajstić information content (AvgIpc) is 2.27. The molecule has 1 aromatic carbocycles. The molecule has 0 spiro atoms. The van der Waals surface area contributed by atoms with E-state index in [0.29, 0.717) is 0 Å². The van der Waals surface area contributed by atoms with Crippen LogP contribution < -0.4 is 11.1 Å². The first-order valence-electron chi connectivity index (χ1n) is 5.04. The van der Waals surface area contributed by atoms with E-state index in [4.69, 9.17) is 17.3 Å². The van der Waals surface area contributed by atoms with Gasteiger partial charge in [-0.2, -0.15) is 0 Å². The lowest BCUT2D eigenvalue weighted by atomic mass is 10.2. The van der Waals surface area contributed by atoms with Gasteiger partial charge in [-0.3, -0.25) is 4.79 Å². The Morgan fingerprint density at radius 3 is 2.83 bits per heavy atom. The zero-order valence-electron chi connectivity index (χ0n) is 9.15. The Kier molecular flexibility index (Phi) is 3.43. The highest BCUT2D eigenvalue weighted by Gasteiger charge is 2.10. The molecule has 0 aliphatic carbocycles. The highest BCUT2D eigenvalue weighted by Crippen LogP contribution is 2.19. The van der Waals surface area contributed by atoms with Gasteiger partial charge in [-0.25, -0.2) is 9.37 Å². The first-order valence-corrected chi connectivity index (χ1v) is 5.42. The van der Waals surface area contributed by atoms with E-state index in [1.807, 2.05) is 0 Å². The SMILES string of the molecule is Nc1ncccc1C(=O)Nc1cc(F)cc(Cl)c1. The summed E-state index contributed by atoms with van der Waals surface area (Å²) in [6.07, 6.45) is 1.48. The van der Waals surface area contributed by atoms with E-state index in [9.17, 15) is 9.18 Å². The molecule has 0 atom stereocenters. The van der Waals surface area contributed by atoms with Crippen LogP contribution in [0, 0.1) is 5.82 Å². The van der Waals surface area contributed by atoms with E-state index in [1.165, 1.54) is 18.3 Å². The number of benzene rings is 1. The lowest BCUT2D eigenvalue weighted by Crippen LogP contribution is -2.14. The summed E-state index contributed by atoms with van der Waals surface area (Å²) in [5.74, 6) is -0.892. The number of nitrogen functional groups attached to an aromatic ring is 1. The van der Waals surface area contributed by atoms with Gasteiger partial charge in [-0.15, -0.1) is 0 Å². The van der Waals surface area contributed by atoms with Gasteiger partial charge in [-0.1, -0.05) is 11.6 Å². The lowest BCUT2D eigenvalue weighted by Gasteiger charge is -2.07. The minimum absolute atomic E-state index is 0.109. The molecule has 2 rings (SSSR count). The molecular weight excluding hydrogens is 257 g/mol. The summed E-state index contributed by atoms with van der Waals surface area (Å²) in [5.41, 5.74) is 6.04. The minimum atomic E-state index is -0.531. The van der Waals surface area contributed by atoms with Crippen LogP contribution in [0.15, 0.2) is 36.5 Å². The normalized spacial score (nSPS) is 10.1. The van der Waals surface area contributed by atoms with Gasteiger partial charge < -0.3 is 11.1 Å². The van der Waals surface area contributed by atoms with Gasteiger partial charge in [0.05, 0.1) is 5.56 Å². The second-order valence-electron chi connectivity index (χ2n) is 3.55. The molecule has 0 fully saturated rings. The van der Waals surface area contributed by atoms with Gasteiger partial charge in [0.15, 0.2) is 0 Å². The number of nitrogens with zero attached hydrogens (tertiary/aromatic N) is 1. The third-order valence-electron chi connectivity index (χ3n) is 2.20. The van der Waals surface area contributed by atoms with Gasteiger partial charge >= 0.3 is 0 Å². The molecule has 0 aliphatic rings. The Hall–Kier alpha value is -2.14. The van der Waals surface area contributed by atoms with E-state index in [-0.39, 0.29) is 22.1 Å². The summed E-state index contributed by atoms with van der Waals surface area (Å²) >= 11 is 5.68. The van der Waals surface area contributed by atoms with E-state index < -0.39 is 11.7 Å². The van der Waals surface area contributed by atoms with Crippen molar-refractivity contribution in [3.05, 3.63) is 52.9 Å². The molecule has 1 amide bonds.